The summed E-state index contributed by atoms with van der Waals surface area (Å²) >= 11 is 3.75. The minimum absolute atomic E-state index is 1.09. The Kier molecular flexibility index (Phi) is 7.99. The lowest BCUT2D eigenvalue weighted by Crippen LogP contribution is -2.14. The molecule has 62 heavy (non-hydrogen) atoms. The third-order valence-electron chi connectivity index (χ3n) is 12.5. The number of hydrogen-bond donors (Lipinski definition) is 0. The Balaban J connectivity index is 1.06. The van der Waals surface area contributed by atoms with Gasteiger partial charge in [0.25, 0.3) is 0 Å². The highest BCUT2D eigenvalue weighted by atomic mass is 32.1. The molecule has 0 aliphatic carbocycles. The number of nitrogens with zero attached hydrogens (tertiary/aromatic N) is 2. The van der Waals surface area contributed by atoms with Crippen LogP contribution < -0.4 is 9.80 Å². The van der Waals surface area contributed by atoms with Gasteiger partial charge in [-0.1, -0.05) is 133 Å². The van der Waals surface area contributed by atoms with E-state index in [-0.39, 0.29) is 0 Å². The molecule has 11 aromatic carbocycles. The van der Waals surface area contributed by atoms with E-state index in [1.807, 2.05) is 22.7 Å². The molecule has 13 rings (SSSR count). The van der Waals surface area contributed by atoms with Gasteiger partial charge in [-0.3, -0.25) is 0 Å². The molecule has 0 bridgehead atoms. The maximum Gasteiger partial charge on any atom is 0.0561 e. The smallest absolute Gasteiger partial charge is 0.0561 e. The Morgan fingerprint density at radius 1 is 0.226 bits per heavy atom. The van der Waals surface area contributed by atoms with E-state index >= 15 is 0 Å². The second kappa shape index (κ2) is 14.0. The Bertz CT molecular complexity index is 3890. The van der Waals surface area contributed by atoms with Crippen molar-refractivity contribution < 1.29 is 0 Å². The predicted molar refractivity (Wildman–Crippen MR) is 272 cm³/mol. The molecule has 0 aliphatic rings. The molecule has 0 fully saturated rings. The summed E-state index contributed by atoms with van der Waals surface area (Å²) in [4.78, 5) is 4.90. The molecule has 2 nitrogen and oxygen atoms in total. The summed E-state index contributed by atoms with van der Waals surface area (Å²) in [6, 6.07) is 80.7. The van der Waals surface area contributed by atoms with Crippen molar-refractivity contribution in [3.8, 4) is 0 Å². The molecule has 0 atom stereocenters. The Morgan fingerprint density at radius 3 is 1.26 bits per heavy atom. The molecule has 13 aromatic rings. The van der Waals surface area contributed by atoms with Gasteiger partial charge < -0.3 is 9.80 Å². The first-order valence-electron chi connectivity index (χ1n) is 21.1. The quantitative estimate of drug-likeness (QED) is 0.154. The van der Waals surface area contributed by atoms with Crippen molar-refractivity contribution in [1.82, 2.24) is 0 Å². The van der Waals surface area contributed by atoms with Crippen molar-refractivity contribution in [1.29, 1.82) is 0 Å². The maximum absolute atomic E-state index is 2.46. The predicted octanol–water partition coefficient (Wildman–Crippen LogP) is 18.0. The van der Waals surface area contributed by atoms with E-state index in [0.29, 0.717) is 0 Å². The third kappa shape index (κ3) is 5.69. The second-order valence-corrected chi connectivity index (χ2v) is 18.3. The van der Waals surface area contributed by atoms with Crippen LogP contribution in [0.2, 0.25) is 0 Å². The fourth-order valence-electron chi connectivity index (χ4n) is 9.60. The molecule has 0 saturated heterocycles. The normalized spacial score (nSPS) is 11.9. The van der Waals surface area contributed by atoms with Crippen molar-refractivity contribution in [2.45, 2.75) is 0 Å². The zero-order valence-corrected chi connectivity index (χ0v) is 35.1. The number of anilines is 6. The fourth-order valence-corrected chi connectivity index (χ4v) is 11.9. The van der Waals surface area contributed by atoms with Gasteiger partial charge in [-0.2, -0.15) is 0 Å². The van der Waals surface area contributed by atoms with Crippen molar-refractivity contribution in [2.75, 3.05) is 9.80 Å². The molecule has 0 aliphatic heterocycles. The Morgan fingerprint density at radius 2 is 0.677 bits per heavy atom. The van der Waals surface area contributed by atoms with Crippen molar-refractivity contribution in [2.24, 2.45) is 0 Å². The zero-order chi connectivity index (χ0) is 40.7. The van der Waals surface area contributed by atoms with Crippen LogP contribution in [0.5, 0.6) is 0 Å². The molecule has 2 heterocycles. The highest BCUT2D eigenvalue weighted by Gasteiger charge is 2.23. The van der Waals surface area contributed by atoms with Gasteiger partial charge in [0.15, 0.2) is 0 Å². The van der Waals surface area contributed by atoms with E-state index in [2.05, 4.69) is 228 Å². The van der Waals surface area contributed by atoms with Crippen LogP contribution >= 0.6 is 22.7 Å². The highest BCUT2D eigenvalue weighted by molar-refractivity contribution is 7.26. The minimum atomic E-state index is 1.09. The van der Waals surface area contributed by atoms with E-state index < -0.39 is 0 Å². The summed E-state index contributed by atoms with van der Waals surface area (Å²) < 4.78 is 5.16. The molecule has 290 valence electrons. The van der Waals surface area contributed by atoms with Crippen molar-refractivity contribution in [3.63, 3.8) is 0 Å². The molecular weight excluding hydrogens is 789 g/mol. The van der Waals surface area contributed by atoms with Gasteiger partial charge in [0, 0.05) is 74.2 Å². The molecule has 4 heteroatoms. The first-order valence-corrected chi connectivity index (χ1v) is 22.7. The van der Waals surface area contributed by atoms with E-state index in [9.17, 15) is 0 Å². The third-order valence-corrected chi connectivity index (χ3v) is 14.7. The number of hydrogen-bond acceptors (Lipinski definition) is 4. The van der Waals surface area contributed by atoms with Gasteiger partial charge in [0.2, 0.25) is 0 Å². The van der Waals surface area contributed by atoms with Gasteiger partial charge in [-0.25, -0.2) is 0 Å². The van der Waals surface area contributed by atoms with Gasteiger partial charge in [-0.05, 0) is 123 Å². The van der Waals surface area contributed by atoms with Crippen LogP contribution in [0.3, 0.4) is 0 Å². The topological polar surface area (TPSA) is 6.48 Å². The number of para-hydroxylation sites is 2. The molecule has 0 N–H and O–H groups in total. The number of rotatable bonds is 6. The first kappa shape index (κ1) is 35.3. The Hall–Kier alpha value is -7.50. The summed E-state index contributed by atoms with van der Waals surface area (Å²) in [7, 11) is 0. The summed E-state index contributed by atoms with van der Waals surface area (Å²) in [5.74, 6) is 0. The van der Waals surface area contributed by atoms with Crippen molar-refractivity contribution >= 4 is 140 Å². The SMILES string of the molecule is c1ccc(N(c2ccc3c(c2)sc2cc4ccccc4cc23)c2cc(N(c3ccccc3)c3ccc4c(c3)sc3cc5ccccc5cc34)c3ccc4ccccc4c3c2)cc1. The largest absolute Gasteiger partial charge is 0.310 e. The average molecular weight is 825 g/mol. The molecule has 0 unspecified atom stereocenters. The molecule has 2 aromatic heterocycles. The van der Waals surface area contributed by atoms with Crippen LogP contribution in [0, 0.1) is 0 Å². The van der Waals surface area contributed by atoms with Crippen LogP contribution in [0.1, 0.15) is 0 Å². The standard InChI is InChI=1S/C58H36N2S2/c1-3-18-42(19-4-1)59(44-24-27-49-52-29-38-14-7-9-16-40(38)31-55(52)61-57(49)35-44)46-33-51-47-22-12-11-13-37(47)23-26-48(51)54(34-46)60(43-20-5-2-6-21-43)45-25-28-50-53-30-39-15-8-10-17-41(39)32-56(53)62-58(50)36-45/h1-36H. The highest BCUT2D eigenvalue weighted by Crippen LogP contribution is 2.48. The summed E-state index contributed by atoms with van der Waals surface area (Å²) in [6.07, 6.45) is 0. The van der Waals surface area contributed by atoms with Gasteiger partial charge in [0.1, 0.15) is 0 Å². The van der Waals surface area contributed by atoms with Crippen LogP contribution in [0.15, 0.2) is 218 Å². The van der Waals surface area contributed by atoms with Crippen LogP contribution in [0.4, 0.5) is 34.1 Å². The molecule has 0 amide bonds. The molecule has 0 spiro atoms. The fraction of sp³-hybridized carbons (Fsp3) is 0. The average Bonchev–Trinajstić information content (AvgIpc) is 3.87. The summed E-state index contributed by atoms with van der Waals surface area (Å²) in [5.41, 5.74) is 6.67. The lowest BCUT2D eigenvalue weighted by atomic mass is 9.98. The van der Waals surface area contributed by atoms with E-state index in [1.165, 1.54) is 83.4 Å². The second-order valence-electron chi connectivity index (χ2n) is 16.1. The van der Waals surface area contributed by atoms with Gasteiger partial charge in [0.05, 0.1) is 5.69 Å². The first-order chi connectivity index (χ1) is 30.7. The van der Waals surface area contributed by atoms with E-state index in [0.717, 1.165) is 34.1 Å². The molecule has 0 radical (unpaired) electrons. The van der Waals surface area contributed by atoms with E-state index in [4.69, 9.17) is 0 Å². The van der Waals surface area contributed by atoms with Crippen LogP contribution in [-0.2, 0) is 0 Å². The summed E-state index contributed by atoms with van der Waals surface area (Å²) in [6.45, 7) is 0. The van der Waals surface area contributed by atoms with Gasteiger partial charge in [-0.15, -0.1) is 22.7 Å². The monoisotopic (exact) mass is 824 g/mol. The lowest BCUT2D eigenvalue weighted by Gasteiger charge is -2.31. The van der Waals surface area contributed by atoms with E-state index in [1.54, 1.807) is 0 Å². The summed E-state index contributed by atoms with van der Waals surface area (Å²) in [5, 5.41) is 15.1. The number of benzene rings is 11. The van der Waals surface area contributed by atoms with Crippen molar-refractivity contribution in [3.05, 3.63) is 218 Å². The number of thiophene rings is 2. The zero-order valence-electron chi connectivity index (χ0n) is 33.5. The Labute approximate surface area is 366 Å². The molecular formula is C58H36N2S2. The minimum Gasteiger partial charge on any atom is -0.310 e. The lowest BCUT2D eigenvalue weighted by molar-refractivity contribution is 1.27. The maximum atomic E-state index is 2.46. The van der Waals surface area contributed by atoms with Crippen LogP contribution in [-0.4, -0.2) is 0 Å². The van der Waals surface area contributed by atoms with Gasteiger partial charge >= 0.3 is 0 Å². The number of fused-ring (bicyclic) bond motifs is 11. The van der Waals surface area contributed by atoms with Crippen LogP contribution in [0.25, 0.3) is 83.4 Å². The molecule has 0 saturated carbocycles.